The van der Waals surface area contributed by atoms with E-state index < -0.39 is 0 Å². The molecule has 0 saturated carbocycles. The summed E-state index contributed by atoms with van der Waals surface area (Å²) in [5.74, 6) is 0. The summed E-state index contributed by atoms with van der Waals surface area (Å²) in [4.78, 5) is 4.56. The van der Waals surface area contributed by atoms with Crippen LogP contribution in [0.2, 0.25) is 0 Å². The third kappa shape index (κ3) is 2.55. The van der Waals surface area contributed by atoms with Crippen LogP contribution in [0.1, 0.15) is 28.1 Å². The number of rotatable bonds is 4. The molecule has 3 nitrogen and oxygen atoms in total. The Morgan fingerprint density at radius 3 is 1.60 bits per heavy atom. The largest absolute Gasteiger partial charge is 0.330 e. The highest BCUT2D eigenvalue weighted by molar-refractivity contribution is 5.39. The first-order chi connectivity index (χ1) is 7.11. The molecule has 15 heavy (non-hydrogen) atoms. The summed E-state index contributed by atoms with van der Waals surface area (Å²) >= 11 is 0. The fourth-order valence-corrected chi connectivity index (χ4v) is 2.14. The van der Waals surface area contributed by atoms with Gasteiger partial charge in [-0.05, 0) is 63.4 Å². The monoisotopic (exact) mass is 207 g/mol. The molecule has 0 amide bonds. The zero-order valence-electron chi connectivity index (χ0n) is 9.93. The van der Waals surface area contributed by atoms with E-state index in [9.17, 15) is 0 Å². The zero-order valence-corrected chi connectivity index (χ0v) is 9.93. The summed E-state index contributed by atoms with van der Waals surface area (Å²) in [6, 6.07) is 0. The lowest BCUT2D eigenvalue weighted by Gasteiger charge is -2.15. The van der Waals surface area contributed by atoms with Gasteiger partial charge in [-0.15, -0.1) is 0 Å². The van der Waals surface area contributed by atoms with Gasteiger partial charge in [0.05, 0.1) is 0 Å². The number of hydrogen-bond donors (Lipinski definition) is 2. The molecule has 84 valence electrons. The number of pyridine rings is 1. The Bertz CT molecular complexity index is 315. The molecular weight excluding hydrogens is 186 g/mol. The van der Waals surface area contributed by atoms with E-state index in [2.05, 4.69) is 25.8 Å². The van der Waals surface area contributed by atoms with E-state index in [0.29, 0.717) is 13.1 Å². The van der Waals surface area contributed by atoms with E-state index >= 15 is 0 Å². The molecule has 0 aliphatic carbocycles. The molecule has 0 saturated heterocycles. The van der Waals surface area contributed by atoms with E-state index in [1.165, 1.54) is 16.7 Å². The molecule has 0 aromatic carbocycles. The summed E-state index contributed by atoms with van der Waals surface area (Å²) in [6.07, 6.45) is 1.81. The van der Waals surface area contributed by atoms with Gasteiger partial charge < -0.3 is 11.5 Å². The van der Waals surface area contributed by atoms with Gasteiger partial charge in [-0.3, -0.25) is 4.98 Å². The minimum atomic E-state index is 0.675. The highest BCUT2D eigenvalue weighted by atomic mass is 14.7. The zero-order chi connectivity index (χ0) is 11.4. The first kappa shape index (κ1) is 12.1. The molecule has 4 N–H and O–H groups in total. The quantitative estimate of drug-likeness (QED) is 0.774. The second-order valence-corrected chi connectivity index (χ2v) is 3.94. The number of aromatic nitrogens is 1. The van der Waals surface area contributed by atoms with E-state index in [-0.39, 0.29) is 0 Å². The summed E-state index contributed by atoms with van der Waals surface area (Å²) in [7, 11) is 0. The molecule has 0 fully saturated rings. The van der Waals surface area contributed by atoms with Gasteiger partial charge in [0.1, 0.15) is 0 Å². The minimum absolute atomic E-state index is 0.675. The van der Waals surface area contributed by atoms with E-state index in [1.54, 1.807) is 0 Å². The second-order valence-electron chi connectivity index (χ2n) is 3.94. The Morgan fingerprint density at radius 1 is 0.867 bits per heavy atom. The summed E-state index contributed by atoms with van der Waals surface area (Å²) in [5.41, 5.74) is 17.4. The highest BCUT2D eigenvalue weighted by Gasteiger charge is 2.10. The van der Waals surface area contributed by atoms with Crippen LogP contribution in [0.5, 0.6) is 0 Å². The Morgan fingerprint density at radius 2 is 1.27 bits per heavy atom. The standard InChI is InChI=1S/C12H21N3/c1-8-11(4-6-13)9(2)15-10(3)12(8)5-7-14/h4-7,13-14H2,1-3H3. The van der Waals surface area contributed by atoms with Crippen LogP contribution < -0.4 is 11.5 Å². The van der Waals surface area contributed by atoms with Crippen molar-refractivity contribution < 1.29 is 0 Å². The summed E-state index contributed by atoms with van der Waals surface area (Å²) in [5, 5.41) is 0. The van der Waals surface area contributed by atoms with Crippen molar-refractivity contribution in [1.82, 2.24) is 4.98 Å². The molecule has 1 rings (SSSR count). The Balaban J connectivity index is 3.22. The van der Waals surface area contributed by atoms with Gasteiger partial charge >= 0.3 is 0 Å². The Labute approximate surface area is 91.9 Å². The number of hydrogen-bond acceptors (Lipinski definition) is 3. The molecule has 0 spiro atoms. The summed E-state index contributed by atoms with van der Waals surface area (Å²) < 4.78 is 0. The second kappa shape index (κ2) is 5.24. The van der Waals surface area contributed by atoms with Crippen LogP contribution in [0.15, 0.2) is 0 Å². The normalized spacial score (nSPS) is 10.7. The van der Waals surface area contributed by atoms with Crippen molar-refractivity contribution in [3.8, 4) is 0 Å². The maximum Gasteiger partial charge on any atom is 0.0411 e. The minimum Gasteiger partial charge on any atom is -0.330 e. The van der Waals surface area contributed by atoms with Crippen LogP contribution in [-0.4, -0.2) is 18.1 Å². The van der Waals surface area contributed by atoms with Crippen molar-refractivity contribution in [2.45, 2.75) is 33.6 Å². The fourth-order valence-electron chi connectivity index (χ4n) is 2.14. The SMILES string of the molecule is Cc1nc(C)c(CCN)c(C)c1CCN. The third-order valence-electron chi connectivity index (χ3n) is 2.90. The highest BCUT2D eigenvalue weighted by Crippen LogP contribution is 2.20. The van der Waals surface area contributed by atoms with E-state index in [1.807, 2.05) is 0 Å². The molecule has 0 aliphatic heterocycles. The van der Waals surface area contributed by atoms with Gasteiger partial charge in [0, 0.05) is 11.4 Å². The lowest BCUT2D eigenvalue weighted by Crippen LogP contribution is -2.13. The van der Waals surface area contributed by atoms with E-state index in [0.717, 1.165) is 24.2 Å². The lowest BCUT2D eigenvalue weighted by molar-refractivity contribution is 0.871. The molecule has 0 radical (unpaired) electrons. The molecule has 0 aliphatic rings. The molecule has 1 aromatic rings. The van der Waals surface area contributed by atoms with Gasteiger partial charge in [-0.1, -0.05) is 0 Å². The van der Waals surface area contributed by atoms with Crippen LogP contribution in [-0.2, 0) is 12.8 Å². The molecule has 0 atom stereocenters. The third-order valence-corrected chi connectivity index (χ3v) is 2.90. The predicted octanol–water partition coefficient (Wildman–Crippen LogP) is 1.01. The molecule has 0 unspecified atom stereocenters. The first-order valence-corrected chi connectivity index (χ1v) is 5.47. The van der Waals surface area contributed by atoms with Crippen LogP contribution in [0, 0.1) is 20.8 Å². The van der Waals surface area contributed by atoms with Crippen molar-refractivity contribution in [3.63, 3.8) is 0 Å². The Hall–Kier alpha value is -0.930. The molecular formula is C12H21N3. The number of nitrogens with zero attached hydrogens (tertiary/aromatic N) is 1. The van der Waals surface area contributed by atoms with Crippen LogP contribution >= 0.6 is 0 Å². The summed E-state index contributed by atoms with van der Waals surface area (Å²) in [6.45, 7) is 7.61. The van der Waals surface area contributed by atoms with Crippen molar-refractivity contribution in [2.24, 2.45) is 11.5 Å². The van der Waals surface area contributed by atoms with Gasteiger partial charge in [0.25, 0.3) is 0 Å². The molecule has 0 bridgehead atoms. The van der Waals surface area contributed by atoms with Gasteiger partial charge in [0.15, 0.2) is 0 Å². The number of aryl methyl sites for hydroxylation is 2. The molecule has 1 aromatic heterocycles. The van der Waals surface area contributed by atoms with Gasteiger partial charge in [0.2, 0.25) is 0 Å². The smallest absolute Gasteiger partial charge is 0.0411 e. The average molecular weight is 207 g/mol. The van der Waals surface area contributed by atoms with Gasteiger partial charge in [-0.2, -0.15) is 0 Å². The molecule has 1 heterocycles. The maximum atomic E-state index is 5.61. The van der Waals surface area contributed by atoms with E-state index in [4.69, 9.17) is 11.5 Å². The van der Waals surface area contributed by atoms with Crippen molar-refractivity contribution in [3.05, 3.63) is 28.1 Å². The van der Waals surface area contributed by atoms with Crippen LogP contribution in [0.4, 0.5) is 0 Å². The topological polar surface area (TPSA) is 64.9 Å². The van der Waals surface area contributed by atoms with Crippen LogP contribution in [0.3, 0.4) is 0 Å². The van der Waals surface area contributed by atoms with Crippen molar-refractivity contribution in [1.29, 1.82) is 0 Å². The van der Waals surface area contributed by atoms with Crippen LogP contribution in [0.25, 0.3) is 0 Å². The lowest BCUT2D eigenvalue weighted by atomic mass is 9.96. The average Bonchev–Trinajstić information content (AvgIpc) is 2.19. The van der Waals surface area contributed by atoms with Crippen molar-refractivity contribution in [2.75, 3.05) is 13.1 Å². The first-order valence-electron chi connectivity index (χ1n) is 5.47. The number of nitrogens with two attached hydrogens (primary N) is 2. The maximum absolute atomic E-state index is 5.61. The Kier molecular flexibility index (Phi) is 4.24. The van der Waals surface area contributed by atoms with Crippen molar-refractivity contribution >= 4 is 0 Å². The predicted molar refractivity (Wildman–Crippen MR) is 64.0 cm³/mol. The van der Waals surface area contributed by atoms with Gasteiger partial charge in [-0.25, -0.2) is 0 Å². The fraction of sp³-hybridized carbons (Fsp3) is 0.583. The molecule has 3 heteroatoms.